The topological polar surface area (TPSA) is 132 Å². The van der Waals surface area contributed by atoms with Crippen molar-refractivity contribution in [1.29, 1.82) is 10.8 Å². The molecule has 0 aromatic carbocycles. The molecule has 2 aromatic rings. The lowest BCUT2D eigenvalue weighted by atomic mass is 10.1. The second-order valence-electron chi connectivity index (χ2n) is 7.56. The molecule has 2 aromatic heterocycles. The maximum Gasteiger partial charge on any atom is 0.273 e. The standard InChI is InChI=1S/C20H27N7O2S/c1-11-10-30-19(24-11)15-6-5-7-27(15)20(28)14-8-13(9-16(25-14)26(3)4)18(23)29-17(22)12(2)21/h8-10,12,15,22-23H,5-7,21H2,1-4H3. The monoisotopic (exact) mass is 429 g/mol. The van der Waals surface area contributed by atoms with Crippen LogP contribution >= 0.6 is 11.3 Å². The molecule has 3 rings (SSSR count). The van der Waals surface area contributed by atoms with E-state index in [2.05, 4.69) is 9.97 Å². The van der Waals surface area contributed by atoms with E-state index in [0.29, 0.717) is 17.9 Å². The Bertz CT molecular complexity index is 970. The van der Waals surface area contributed by atoms with E-state index in [1.165, 1.54) is 6.07 Å². The third kappa shape index (κ3) is 4.65. The largest absolute Gasteiger partial charge is 0.424 e. The van der Waals surface area contributed by atoms with Gasteiger partial charge in [-0.3, -0.25) is 15.6 Å². The van der Waals surface area contributed by atoms with Crippen molar-refractivity contribution in [3.05, 3.63) is 39.5 Å². The van der Waals surface area contributed by atoms with Crippen molar-refractivity contribution in [2.75, 3.05) is 25.5 Å². The predicted molar refractivity (Wildman–Crippen MR) is 118 cm³/mol. The van der Waals surface area contributed by atoms with E-state index in [4.69, 9.17) is 21.3 Å². The Balaban J connectivity index is 1.92. The van der Waals surface area contributed by atoms with Crippen molar-refractivity contribution >= 4 is 34.9 Å². The SMILES string of the molecule is Cc1csc(C2CCCN2C(=O)c2cc(C(=N)OC(=N)C(C)N)cc(N(C)C)n2)n1. The Kier molecular flexibility index (Phi) is 6.47. The number of carbonyl (C=O) groups excluding carboxylic acids is 1. The summed E-state index contributed by atoms with van der Waals surface area (Å²) in [6.07, 6.45) is 1.77. The minimum absolute atomic E-state index is 0.0635. The maximum atomic E-state index is 13.4. The highest BCUT2D eigenvalue weighted by atomic mass is 32.1. The van der Waals surface area contributed by atoms with Gasteiger partial charge in [0.1, 0.15) is 16.5 Å². The highest BCUT2D eigenvalue weighted by molar-refractivity contribution is 7.09. The number of likely N-dealkylation sites (tertiary alicyclic amines) is 1. The van der Waals surface area contributed by atoms with E-state index in [9.17, 15) is 4.79 Å². The van der Waals surface area contributed by atoms with Crippen molar-refractivity contribution in [2.45, 2.75) is 38.8 Å². The van der Waals surface area contributed by atoms with Gasteiger partial charge in [-0.25, -0.2) is 9.97 Å². The Labute approximate surface area is 179 Å². The molecule has 10 heteroatoms. The summed E-state index contributed by atoms with van der Waals surface area (Å²) in [7, 11) is 3.62. The first-order valence-corrected chi connectivity index (χ1v) is 10.6. The van der Waals surface area contributed by atoms with Gasteiger partial charge in [0.2, 0.25) is 11.8 Å². The third-order valence-corrected chi connectivity index (χ3v) is 5.88. The molecule has 1 aliphatic rings. The molecule has 2 atom stereocenters. The Morgan fingerprint density at radius 2 is 2.10 bits per heavy atom. The van der Waals surface area contributed by atoms with Gasteiger partial charge < -0.3 is 20.3 Å². The van der Waals surface area contributed by atoms with Crippen LogP contribution in [0.15, 0.2) is 17.5 Å². The molecular formula is C20H27N7O2S. The van der Waals surface area contributed by atoms with Crippen molar-refractivity contribution < 1.29 is 9.53 Å². The average molecular weight is 430 g/mol. The number of hydrogen-bond acceptors (Lipinski definition) is 9. The second-order valence-corrected chi connectivity index (χ2v) is 8.45. The number of nitrogens with two attached hydrogens (primary N) is 1. The average Bonchev–Trinajstić information content (AvgIpc) is 3.35. The van der Waals surface area contributed by atoms with Crippen LogP contribution in [0.2, 0.25) is 0 Å². The number of nitrogens with zero attached hydrogens (tertiary/aromatic N) is 4. The van der Waals surface area contributed by atoms with E-state index in [1.54, 1.807) is 34.1 Å². The minimum Gasteiger partial charge on any atom is -0.424 e. The number of pyridine rings is 1. The normalized spacial score (nSPS) is 17.0. The highest BCUT2D eigenvalue weighted by Gasteiger charge is 2.33. The summed E-state index contributed by atoms with van der Waals surface area (Å²) in [5.74, 6) is -0.136. The summed E-state index contributed by atoms with van der Waals surface area (Å²) >= 11 is 1.57. The van der Waals surface area contributed by atoms with Gasteiger partial charge in [0.25, 0.3) is 5.91 Å². The highest BCUT2D eigenvalue weighted by Crippen LogP contribution is 2.34. The van der Waals surface area contributed by atoms with Gasteiger partial charge in [-0.05, 0) is 38.8 Å². The summed E-state index contributed by atoms with van der Waals surface area (Å²) < 4.78 is 5.25. The van der Waals surface area contributed by atoms with Gasteiger partial charge in [0.15, 0.2) is 0 Å². The number of aryl methyl sites for hydroxylation is 1. The third-order valence-electron chi connectivity index (χ3n) is 4.81. The van der Waals surface area contributed by atoms with E-state index >= 15 is 0 Å². The molecule has 1 saturated heterocycles. The molecule has 4 N–H and O–H groups in total. The fourth-order valence-corrected chi connectivity index (χ4v) is 4.13. The summed E-state index contributed by atoms with van der Waals surface area (Å²) in [4.78, 5) is 26.0. The molecule has 3 heterocycles. The molecule has 0 radical (unpaired) electrons. The number of anilines is 1. The van der Waals surface area contributed by atoms with Crippen molar-refractivity contribution in [3.63, 3.8) is 0 Å². The number of amides is 1. The van der Waals surface area contributed by atoms with Gasteiger partial charge in [-0.1, -0.05) is 0 Å². The fourth-order valence-electron chi connectivity index (χ4n) is 3.19. The molecular weight excluding hydrogens is 402 g/mol. The smallest absolute Gasteiger partial charge is 0.273 e. The summed E-state index contributed by atoms with van der Waals surface area (Å²) in [6.45, 7) is 4.19. The van der Waals surface area contributed by atoms with Crippen LogP contribution in [0.5, 0.6) is 0 Å². The van der Waals surface area contributed by atoms with E-state index in [-0.39, 0.29) is 29.4 Å². The van der Waals surface area contributed by atoms with Crippen LogP contribution in [0.1, 0.15) is 52.6 Å². The molecule has 0 spiro atoms. The first kappa shape index (κ1) is 21.8. The minimum atomic E-state index is -0.631. The van der Waals surface area contributed by atoms with E-state index in [0.717, 1.165) is 23.5 Å². The number of ether oxygens (including phenoxy) is 1. The summed E-state index contributed by atoms with van der Waals surface area (Å²) in [5, 5.41) is 18.9. The molecule has 0 bridgehead atoms. The zero-order valence-electron chi connectivity index (χ0n) is 17.6. The Hall–Kier alpha value is -2.85. The molecule has 1 aliphatic heterocycles. The molecule has 9 nitrogen and oxygen atoms in total. The van der Waals surface area contributed by atoms with Crippen LogP contribution in [0.25, 0.3) is 0 Å². The predicted octanol–water partition coefficient (Wildman–Crippen LogP) is 2.56. The Morgan fingerprint density at radius 1 is 1.37 bits per heavy atom. The lowest BCUT2D eigenvalue weighted by Gasteiger charge is -2.24. The van der Waals surface area contributed by atoms with Crippen molar-refractivity contribution in [3.8, 4) is 0 Å². The number of aromatic nitrogens is 2. The molecule has 160 valence electrons. The van der Waals surface area contributed by atoms with Crippen LogP contribution in [-0.4, -0.2) is 59.3 Å². The van der Waals surface area contributed by atoms with Crippen molar-refractivity contribution in [2.24, 2.45) is 5.73 Å². The lowest BCUT2D eigenvalue weighted by Crippen LogP contribution is -2.32. The molecule has 1 amide bonds. The number of carbonyl (C=O) groups is 1. The zero-order chi connectivity index (χ0) is 22.0. The van der Waals surface area contributed by atoms with Crippen LogP contribution in [0, 0.1) is 17.7 Å². The van der Waals surface area contributed by atoms with Crippen LogP contribution < -0.4 is 10.6 Å². The molecule has 1 fully saturated rings. The zero-order valence-corrected chi connectivity index (χ0v) is 18.4. The molecule has 0 saturated carbocycles. The van der Waals surface area contributed by atoms with Crippen LogP contribution in [-0.2, 0) is 4.74 Å². The van der Waals surface area contributed by atoms with Gasteiger partial charge in [0, 0.05) is 37.3 Å². The van der Waals surface area contributed by atoms with E-state index in [1.807, 2.05) is 26.4 Å². The van der Waals surface area contributed by atoms with Crippen LogP contribution in [0.4, 0.5) is 5.82 Å². The Morgan fingerprint density at radius 3 is 2.70 bits per heavy atom. The number of hydrogen-bond donors (Lipinski definition) is 3. The van der Waals surface area contributed by atoms with Crippen molar-refractivity contribution in [1.82, 2.24) is 14.9 Å². The first-order chi connectivity index (χ1) is 14.2. The summed E-state index contributed by atoms with van der Waals surface area (Å²) in [6, 6.07) is 2.49. The van der Waals surface area contributed by atoms with Gasteiger partial charge in [-0.15, -0.1) is 11.3 Å². The molecule has 2 unspecified atom stereocenters. The van der Waals surface area contributed by atoms with Gasteiger partial charge in [0.05, 0.1) is 12.1 Å². The number of thiazole rings is 1. The quantitative estimate of drug-likeness (QED) is 0.494. The van der Waals surface area contributed by atoms with Crippen LogP contribution in [0.3, 0.4) is 0 Å². The molecule has 0 aliphatic carbocycles. The molecule has 30 heavy (non-hydrogen) atoms. The summed E-state index contributed by atoms with van der Waals surface area (Å²) in [5.41, 5.74) is 7.19. The van der Waals surface area contributed by atoms with Gasteiger partial charge in [-0.2, -0.15) is 0 Å². The lowest BCUT2D eigenvalue weighted by molar-refractivity contribution is 0.0729. The second kappa shape index (κ2) is 8.88. The number of rotatable bonds is 5. The number of nitrogens with one attached hydrogen (secondary N) is 2. The van der Waals surface area contributed by atoms with E-state index < -0.39 is 6.04 Å². The first-order valence-electron chi connectivity index (χ1n) is 9.70. The van der Waals surface area contributed by atoms with Gasteiger partial charge >= 0.3 is 0 Å². The fraction of sp³-hybridized carbons (Fsp3) is 0.450. The maximum absolute atomic E-state index is 13.4.